The summed E-state index contributed by atoms with van der Waals surface area (Å²) in [6.07, 6.45) is 11.2. The number of rotatable bonds is 37. The van der Waals surface area contributed by atoms with Crippen molar-refractivity contribution in [1.29, 1.82) is 0 Å². The van der Waals surface area contributed by atoms with E-state index >= 15 is 0 Å². The molecule has 0 aromatic carbocycles. The highest BCUT2D eigenvalue weighted by molar-refractivity contribution is 6.01. The number of unbranched alkanes of at least 4 members (excludes halogenated alkanes) is 5. The minimum absolute atomic E-state index is 0.0387. The van der Waals surface area contributed by atoms with Gasteiger partial charge in [-0.15, -0.1) is 0 Å². The summed E-state index contributed by atoms with van der Waals surface area (Å²) in [6.45, 7) is 27.6. The van der Waals surface area contributed by atoms with Gasteiger partial charge in [-0.25, -0.2) is 4.98 Å². The lowest BCUT2D eigenvalue weighted by Gasteiger charge is -2.44. The summed E-state index contributed by atoms with van der Waals surface area (Å²) in [5.41, 5.74) is -6.62. The van der Waals surface area contributed by atoms with Gasteiger partial charge in [0, 0.05) is 33.0 Å². The van der Waals surface area contributed by atoms with Gasteiger partial charge in [0.2, 0.25) is 59.1 Å². The Morgan fingerprint density at radius 1 is 0.607 bits per heavy atom. The van der Waals surface area contributed by atoms with Gasteiger partial charge in [0.1, 0.15) is 58.6 Å². The lowest BCUT2D eigenvalue weighted by Crippen LogP contribution is -2.66. The number of carbonyl (C=O) groups excluding carboxylic acids is 11. The Morgan fingerprint density at radius 3 is 1.54 bits per heavy atom. The molecule has 1 aromatic heterocycles. The SMILES string of the molecule is CCCCCCCC[C@H](NC(=O)[C@@H]1CCCN1C(=O)c1coc(C)n1)C(=O)N[C@@H](CC(C)C)C(=O)NC(C)(C)C(=O)NC(C)(C)C(=O)N[C@@H](CC(C)C)C(=O)N[C@@H](CC(C)C)C(=O)NC(C)(C)C(=O)NC(C)(C)C(=O)NCCC(=O)NC1(CN(C)C)CCC1. The predicted octanol–water partition coefficient (Wildman–Crippen LogP) is 4.10. The zero-order valence-electron chi connectivity index (χ0n) is 56.9. The number of oxazole rings is 1. The van der Waals surface area contributed by atoms with Gasteiger partial charge in [-0.2, -0.15) is 0 Å². The van der Waals surface area contributed by atoms with Crippen molar-refractivity contribution >= 4 is 65.0 Å². The van der Waals surface area contributed by atoms with Crippen LogP contribution in [0.25, 0.3) is 0 Å². The first kappa shape index (κ1) is 76.6. The Kier molecular flexibility index (Phi) is 29.2. The molecule has 0 unspecified atom stereocenters. The van der Waals surface area contributed by atoms with E-state index in [-0.39, 0.29) is 73.5 Å². The molecule has 1 aliphatic carbocycles. The van der Waals surface area contributed by atoms with E-state index in [2.05, 4.69) is 65.1 Å². The van der Waals surface area contributed by atoms with Crippen LogP contribution in [0.1, 0.15) is 223 Å². The molecule has 2 aliphatic rings. The van der Waals surface area contributed by atoms with Crippen LogP contribution in [-0.2, 0) is 47.9 Å². The molecule has 89 heavy (non-hydrogen) atoms. The van der Waals surface area contributed by atoms with Gasteiger partial charge in [-0.1, -0.05) is 87.0 Å². The van der Waals surface area contributed by atoms with Crippen LogP contribution in [0.3, 0.4) is 0 Å². The Bertz CT molecular complexity index is 2610. The summed E-state index contributed by atoms with van der Waals surface area (Å²) < 4.78 is 5.25. The molecule has 5 atom stereocenters. The highest BCUT2D eigenvalue weighted by Crippen LogP contribution is 2.32. The molecular weight excluding hydrogens is 1140 g/mol. The van der Waals surface area contributed by atoms with Crippen LogP contribution in [0.4, 0.5) is 0 Å². The number of likely N-dealkylation sites (tertiary alicyclic amines) is 1. The fourth-order valence-electron chi connectivity index (χ4n) is 10.8. The molecule has 504 valence electrons. The van der Waals surface area contributed by atoms with Crippen molar-refractivity contribution in [3.8, 4) is 0 Å². The maximum Gasteiger partial charge on any atom is 0.276 e. The summed E-state index contributed by atoms with van der Waals surface area (Å²) in [7, 11) is 3.90. The third-order valence-corrected chi connectivity index (χ3v) is 16.1. The molecule has 25 nitrogen and oxygen atoms in total. The quantitative estimate of drug-likeness (QED) is 0.0420. The zero-order chi connectivity index (χ0) is 67.4. The average molecular weight is 1250 g/mol. The molecule has 10 N–H and O–H groups in total. The third-order valence-electron chi connectivity index (χ3n) is 16.1. The smallest absolute Gasteiger partial charge is 0.276 e. The average Bonchev–Trinajstić information content (AvgIpc) is 2.28. The van der Waals surface area contributed by atoms with Crippen LogP contribution in [0.2, 0.25) is 0 Å². The van der Waals surface area contributed by atoms with Crippen molar-refractivity contribution in [2.24, 2.45) is 17.8 Å². The summed E-state index contributed by atoms with van der Waals surface area (Å²) in [5, 5.41) is 28.0. The van der Waals surface area contributed by atoms with Gasteiger partial charge in [-0.05, 0) is 145 Å². The van der Waals surface area contributed by atoms with Gasteiger partial charge in [-0.3, -0.25) is 52.7 Å². The van der Waals surface area contributed by atoms with Crippen LogP contribution >= 0.6 is 0 Å². The molecule has 1 aromatic rings. The van der Waals surface area contributed by atoms with E-state index in [1.165, 1.54) is 66.6 Å². The van der Waals surface area contributed by atoms with E-state index in [0.29, 0.717) is 38.2 Å². The van der Waals surface area contributed by atoms with E-state index in [1.807, 2.05) is 60.5 Å². The van der Waals surface area contributed by atoms with Gasteiger partial charge in [0.05, 0.1) is 5.54 Å². The predicted molar refractivity (Wildman–Crippen MR) is 339 cm³/mol. The van der Waals surface area contributed by atoms with E-state index in [0.717, 1.165) is 51.4 Å². The standard InChI is InChI=1S/C64H111N13O12/c1-19-20-21-22-23-24-27-43(67-54(83)48-28-25-33-77(48)55(84)47-37-89-42(8)66-47)50(79)68-45(35-40(4)5)52(81)72-63(15,16)59(88)75-61(11,12)57(86)70-44(34-39(2)3)51(80)69-46(36-41(6)7)53(82)73-62(13,14)58(87)74-60(9,10)56(85)65-32-29-49(78)71-64(30-26-31-64)38-76(17)18/h37,39-41,43-46,48H,19-36,38H2,1-18H3,(H,65,85)(H,67,83)(H,68,79)(H,69,80)(H,70,86)(H,71,78)(H,72,81)(H,73,82)(H,74,87)(H,75,88)/t43-,44-,45-,46-,48-/m0/s1. The first-order valence-corrected chi connectivity index (χ1v) is 32.2. The fourth-order valence-corrected chi connectivity index (χ4v) is 10.8. The number of aryl methyl sites for hydroxylation is 1. The Balaban J connectivity index is 1.70. The molecule has 0 bridgehead atoms. The summed E-state index contributed by atoms with van der Waals surface area (Å²) in [4.78, 5) is 160. The Hall–Kier alpha value is -6.66. The summed E-state index contributed by atoms with van der Waals surface area (Å²) in [5.74, 6) is -6.67. The number of nitrogens with zero attached hydrogens (tertiary/aromatic N) is 3. The van der Waals surface area contributed by atoms with Gasteiger partial charge in [0.15, 0.2) is 11.6 Å². The first-order chi connectivity index (χ1) is 41.2. The monoisotopic (exact) mass is 1250 g/mol. The van der Waals surface area contributed by atoms with Crippen molar-refractivity contribution in [3.63, 3.8) is 0 Å². The Labute approximate surface area is 528 Å². The van der Waals surface area contributed by atoms with Crippen molar-refractivity contribution in [2.75, 3.05) is 33.7 Å². The van der Waals surface area contributed by atoms with Gasteiger partial charge >= 0.3 is 0 Å². The van der Waals surface area contributed by atoms with Crippen LogP contribution in [0, 0.1) is 24.7 Å². The number of carbonyl (C=O) groups is 11. The summed E-state index contributed by atoms with van der Waals surface area (Å²) >= 11 is 0. The topological polar surface area (TPSA) is 341 Å². The normalized spacial score (nSPS) is 16.5. The van der Waals surface area contributed by atoms with Crippen LogP contribution < -0.4 is 53.2 Å². The minimum atomic E-state index is -1.69. The number of hydrogen-bond acceptors (Lipinski definition) is 14. The fraction of sp³-hybridized carbons (Fsp3) is 0.781. The lowest BCUT2D eigenvalue weighted by atomic mass is 9.76. The molecule has 1 aliphatic heterocycles. The van der Waals surface area contributed by atoms with Crippen molar-refractivity contribution in [2.45, 2.75) is 271 Å². The molecule has 1 saturated carbocycles. The first-order valence-electron chi connectivity index (χ1n) is 32.2. The number of hydrogen-bond donors (Lipinski definition) is 10. The summed E-state index contributed by atoms with van der Waals surface area (Å²) in [6, 6.07) is -5.45. The second-order valence-corrected chi connectivity index (χ2v) is 28.4. The van der Waals surface area contributed by atoms with Crippen molar-refractivity contribution in [3.05, 3.63) is 17.8 Å². The van der Waals surface area contributed by atoms with Crippen molar-refractivity contribution in [1.82, 2.24) is 68.0 Å². The number of aromatic nitrogens is 1. The molecule has 11 amide bonds. The third kappa shape index (κ3) is 24.6. The number of amides is 11. The molecule has 25 heteroatoms. The van der Waals surface area contributed by atoms with E-state index < -0.39 is 111 Å². The maximum atomic E-state index is 14.3. The second-order valence-electron chi connectivity index (χ2n) is 28.4. The molecule has 0 spiro atoms. The molecule has 0 radical (unpaired) electrons. The highest BCUT2D eigenvalue weighted by Gasteiger charge is 2.44. The molecule has 1 saturated heterocycles. The Morgan fingerprint density at radius 2 is 1.08 bits per heavy atom. The van der Waals surface area contributed by atoms with Gasteiger partial charge < -0.3 is 67.4 Å². The highest BCUT2D eigenvalue weighted by atomic mass is 16.3. The van der Waals surface area contributed by atoms with Gasteiger partial charge in [0.25, 0.3) is 5.91 Å². The maximum absolute atomic E-state index is 14.3. The molecule has 2 fully saturated rings. The van der Waals surface area contributed by atoms with Crippen LogP contribution in [0.5, 0.6) is 0 Å². The lowest BCUT2D eigenvalue weighted by molar-refractivity contribution is -0.140. The molecule has 3 rings (SSSR count). The number of likely N-dealkylation sites (N-methyl/N-ethyl adjacent to an activating group) is 1. The second kappa shape index (κ2) is 34.0. The molecular formula is C64H111N13O12. The van der Waals surface area contributed by atoms with E-state index in [4.69, 9.17) is 4.42 Å². The molecule has 2 heterocycles. The van der Waals surface area contributed by atoms with Crippen LogP contribution in [-0.4, -0.2) is 171 Å². The van der Waals surface area contributed by atoms with E-state index in [9.17, 15) is 52.7 Å². The van der Waals surface area contributed by atoms with Crippen LogP contribution in [0.15, 0.2) is 10.7 Å². The largest absolute Gasteiger partial charge is 0.448 e. The van der Waals surface area contributed by atoms with Crippen molar-refractivity contribution < 1.29 is 57.2 Å². The zero-order valence-corrected chi connectivity index (χ0v) is 56.9. The number of nitrogens with one attached hydrogen (secondary N) is 10. The minimum Gasteiger partial charge on any atom is -0.448 e. The van der Waals surface area contributed by atoms with E-state index in [1.54, 1.807) is 6.92 Å².